The molecule has 0 radical (unpaired) electrons. The van der Waals surface area contributed by atoms with Gasteiger partial charge in [0.15, 0.2) is 0 Å². The summed E-state index contributed by atoms with van der Waals surface area (Å²) in [5.41, 5.74) is 0. The first-order chi connectivity index (χ1) is 5.58. The fourth-order valence-corrected chi connectivity index (χ4v) is 2.52. The molecule has 0 aliphatic carbocycles. The molecular formula is C9H14N2Sn. The number of hydrogen-bond acceptors (Lipinski definition) is 1. The van der Waals surface area contributed by atoms with Gasteiger partial charge in [0.2, 0.25) is 0 Å². The zero-order chi connectivity index (χ0) is 9.03. The van der Waals surface area contributed by atoms with Gasteiger partial charge in [-0.2, -0.15) is 0 Å². The maximum atomic E-state index is 4.07. The molecule has 64 valence electrons. The second-order valence-electron chi connectivity index (χ2n) is 3.76. The van der Waals surface area contributed by atoms with Crippen molar-refractivity contribution in [1.82, 2.24) is 9.78 Å². The van der Waals surface area contributed by atoms with E-state index in [-0.39, 0.29) is 0 Å². The SMILES string of the molecule is [CH3][Sn]([CH3])([CH3])[C]#CCn1cccn1. The monoisotopic (exact) mass is 270 g/mol. The first-order valence-electron chi connectivity index (χ1n) is 4.05. The minimum absolute atomic E-state index is 0.737. The molecule has 0 saturated carbocycles. The molecule has 0 amide bonds. The molecule has 0 N–H and O–H groups in total. The van der Waals surface area contributed by atoms with Crippen LogP contribution in [0, 0.1) is 9.86 Å². The van der Waals surface area contributed by atoms with Gasteiger partial charge in [0, 0.05) is 0 Å². The van der Waals surface area contributed by atoms with Crippen molar-refractivity contribution in [2.24, 2.45) is 0 Å². The zero-order valence-corrected chi connectivity index (χ0v) is 10.7. The fourth-order valence-electron chi connectivity index (χ4n) is 0.780. The summed E-state index contributed by atoms with van der Waals surface area (Å²) in [6.07, 6.45) is 3.72. The molecule has 0 aliphatic rings. The van der Waals surface area contributed by atoms with Gasteiger partial charge in [-0.25, -0.2) is 0 Å². The quantitative estimate of drug-likeness (QED) is 0.561. The summed E-state index contributed by atoms with van der Waals surface area (Å²) in [4.78, 5) is 6.93. The Bertz CT molecular complexity index is 285. The second kappa shape index (κ2) is 3.99. The van der Waals surface area contributed by atoms with E-state index in [2.05, 4.69) is 29.8 Å². The normalized spacial score (nSPS) is 10.6. The second-order valence-corrected chi connectivity index (χ2v) is 17.3. The molecule has 1 heterocycles. The molecule has 0 fully saturated rings. The molecule has 0 aliphatic heterocycles. The molecule has 1 aromatic heterocycles. The van der Waals surface area contributed by atoms with Gasteiger partial charge in [0.1, 0.15) is 0 Å². The average molecular weight is 269 g/mol. The molecule has 2 nitrogen and oxygen atoms in total. The van der Waals surface area contributed by atoms with Crippen LogP contribution in [0.5, 0.6) is 0 Å². The van der Waals surface area contributed by atoms with Crippen LogP contribution >= 0.6 is 0 Å². The Hall–Kier alpha value is -0.431. The van der Waals surface area contributed by atoms with Crippen LogP contribution in [0.1, 0.15) is 0 Å². The molecule has 1 rings (SSSR count). The van der Waals surface area contributed by atoms with Crippen molar-refractivity contribution in [3.63, 3.8) is 0 Å². The summed E-state index contributed by atoms with van der Waals surface area (Å²) in [7, 11) is 0. The Morgan fingerprint density at radius 2 is 2.17 bits per heavy atom. The molecule has 0 aromatic carbocycles. The molecule has 1 aromatic rings. The van der Waals surface area contributed by atoms with Gasteiger partial charge in [-0.1, -0.05) is 0 Å². The van der Waals surface area contributed by atoms with Crippen LogP contribution < -0.4 is 0 Å². The summed E-state index contributed by atoms with van der Waals surface area (Å²) in [6, 6.07) is 1.92. The molecule has 0 bridgehead atoms. The number of rotatable bonds is 1. The predicted molar refractivity (Wildman–Crippen MR) is 53.3 cm³/mol. The van der Waals surface area contributed by atoms with Gasteiger partial charge in [-0.05, 0) is 0 Å². The van der Waals surface area contributed by atoms with Crippen molar-refractivity contribution in [3.8, 4) is 9.86 Å². The third kappa shape index (κ3) is 3.82. The van der Waals surface area contributed by atoms with Crippen LogP contribution in [-0.2, 0) is 6.54 Å². The molecule has 3 heteroatoms. The van der Waals surface area contributed by atoms with Crippen molar-refractivity contribution in [2.45, 2.75) is 21.4 Å². The zero-order valence-electron chi connectivity index (χ0n) is 7.83. The number of aromatic nitrogens is 2. The minimum atomic E-state index is -1.85. The van der Waals surface area contributed by atoms with Gasteiger partial charge in [-0.3, -0.25) is 0 Å². The van der Waals surface area contributed by atoms with Gasteiger partial charge < -0.3 is 0 Å². The Balaban J connectivity index is 2.49. The number of nitrogens with zero attached hydrogens (tertiary/aromatic N) is 2. The molecule has 0 saturated heterocycles. The van der Waals surface area contributed by atoms with E-state index in [1.807, 2.05) is 16.9 Å². The van der Waals surface area contributed by atoms with E-state index in [4.69, 9.17) is 0 Å². The van der Waals surface area contributed by atoms with Crippen molar-refractivity contribution < 1.29 is 0 Å². The molecule has 12 heavy (non-hydrogen) atoms. The fraction of sp³-hybridized carbons (Fsp3) is 0.444. The summed E-state index contributed by atoms with van der Waals surface area (Å²) >= 11 is -1.85. The third-order valence-corrected chi connectivity index (χ3v) is 3.91. The van der Waals surface area contributed by atoms with Crippen molar-refractivity contribution >= 4 is 18.4 Å². The Kier molecular flexibility index (Phi) is 3.21. The predicted octanol–water partition coefficient (Wildman–Crippen LogP) is 1.76. The van der Waals surface area contributed by atoms with Crippen LogP contribution in [0.15, 0.2) is 18.5 Å². The summed E-state index contributed by atoms with van der Waals surface area (Å²) in [6.45, 7) is 0.737. The maximum absolute atomic E-state index is 4.07. The average Bonchev–Trinajstić information content (AvgIpc) is 2.36. The van der Waals surface area contributed by atoms with E-state index in [0.29, 0.717) is 0 Å². The molecular weight excluding hydrogens is 255 g/mol. The number of hydrogen-bond donors (Lipinski definition) is 0. The van der Waals surface area contributed by atoms with Crippen LogP contribution in [0.2, 0.25) is 14.8 Å². The van der Waals surface area contributed by atoms with Gasteiger partial charge in [0.25, 0.3) is 0 Å². The first kappa shape index (κ1) is 9.66. The van der Waals surface area contributed by atoms with Crippen molar-refractivity contribution in [3.05, 3.63) is 18.5 Å². The van der Waals surface area contributed by atoms with Crippen molar-refractivity contribution in [1.29, 1.82) is 0 Å². The Labute approximate surface area is 77.8 Å². The Morgan fingerprint density at radius 3 is 2.67 bits per heavy atom. The Morgan fingerprint density at radius 1 is 1.42 bits per heavy atom. The van der Waals surface area contributed by atoms with E-state index in [0.717, 1.165) is 6.54 Å². The van der Waals surface area contributed by atoms with Crippen LogP contribution in [0.25, 0.3) is 0 Å². The van der Waals surface area contributed by atoms with Gasteiger partial charge >= 0.3 is 77.8 Å². The van der Waals surface area contributed by atoms with Crippen LogP contribution in [-0.4, -0.2) is 28.2 Å². The van der Waals surface area contributed by atoms with Crippen molar-refractivity contribution in [2.75, 3.05) is 0 Å². The molecule has 0 unspecified atom stereocenters. The topological polar surface area (TPSA) is 17.8 Å². The van der Waals surface area contributed by atoms with E-state index in [9.17, 15) is 0 Å². The van der Waals surface area contributed by atoms with E-state index < -0.39 is 18.4 Å². The third-order valence-electron chi connectivity index (χ3n) is 1.26. The summed E-state index contributed by atoms with van der Waals surface area (Å²) in [5.74, 6) is 3.17. The molecule has 0 atom stereocenters. The van der Waals surface area contributed by atoms with Gasteiger partial charge in [-0.15, -0.1) is 0 Å². The standard InChI is InChI=1S/C6H5N2.3CH3.Sn/c1-2-5-8-6-3-4-7-8;;;;/h3-4,6H,5H2;3*1H3;. The van der Waals surface area contributed by atoms with Gasteiger partial charge in [0.05, 0.1) is 0 Å². The van der Waals surface area contributed by atoms with E-state index >= 15 is 0 Å². The summed E-state index contributed by atoms with van der Waals surface area (Å²) < 4.78 is 5.21. The van der Waals surface area contributed by atoms with Crippen LogP contribution in [0.4, 0.5) is 0 Å². The van der Waals surface area contributed by atoms with E-state index in [1.165, 1.54) is 0 Å². The van der Waals surface area contributed by atoms with Crippen LogP contribution in [0.3, 0.4) is 0 Å². The molecule has 0 spiro atoms. The van der Waals surface area contributed by atoms with E-state index in [1.54, 1.807) is 6.20 Å². The summed E-state index contributed by atoms with van der Waals surface area (Å²) in [5, 5.41) is 4.07. The first-order valence-corrected chi connectivity index (χ1v) is 14.0.